The van der Waals surface area contributed by atoms with Crippen LogP contribution in [0.3, 0.4) is 0 Å². The van der Waals surface area contributed by atoms with Crippen LogP contribution in [-0.4, -0.2) is 17.9 Å². The Balaban J connectivity index is 1.90. The van der Waals surface area contributed by atoms with E-state index in [0.29, 0.717) is 0 Å². The van der Waals surface area contributed by atoms with Crippen molar-refractivity contribution < 1.29 is 18.0 Å². The average molecular weight is 446 g/mol. The molecule has 0 saturated heterocycles. The normalized spacial score (nSPS) is 12.4. The Hall–Kier alpha value is -2.84. The maximum atomic E-state index is 13.3. The van der Waals surface area contributed by atoms with Crippen LogP contribution in [0.25, 0.3) is 11.1 Å². The Bertz CT molecular complexity index is 1060. The molecule has 0 spiro atoms. The van der Waals surface area contributed by atoms with Gasteiger partial charge in [-0.15, -0.1) is 0 Å². The van der Waals surface area contributed by atoms with Crippen LogP contribution in [0.5, 0.6) is 0 Å². The molecule has 1 heterocycles. The van der Waals surface area contributed by atoms with E-state index in [1.54, 1.807) is 18.5 Å². The number of aryl methyl sites for hydroxylation is 1. The first kappa shape index (κ1) is 22.8. The van der Waals surface area contributed by atoms with Gasteiger partial charge < -0.3 is 5.32 Å². The molecule has 0 fully saturated rings. The summed E-state index contributed by atoms with van der Waals surface area (Å²) in [5.41, 5.74) is 3.04. The summed E-state index contributed by atoms with van der Waals surface area (Å²) >= 11 is 0.874. The summed E-state index contributed by atoms with van der Waals surface area (Å²) in [6, 6.07) is 14.4. The lowest BCUT2D eigenvalue weighted by Gasteiger charge is -2.20. The number of carbonyl (C=O) groups is 1. The summed E-state index contributed by atoms with van der Waals surface area (Å²) in [6.45, 7) is 1.96. The molecule has 0 aliphatic rings. The van der Waals surface area contributed by atoms with Crippen molar-refractivity contribution in [3.05, 3.63) is 83.7 Å². The van der Waals surface area contributed by atoms with E-state index in [2.05, 4.69) is 15.0 Å². The Kier molecular flexibility index (Phi) is 7.35. The number of halogens is 3. The van der Waals surface area contributed by atoms with Gasteiger partial charge >= 0.3 is 6.18 Å². The molecule has 1 amide bonds. The van der Waals surface area contributed by atoms with Crippen LogP contribution in [0.4, 0.5) is 13.2 Å². The highest BCUT2D eigenvalue weighted by Crippen LogP contribution is 2.37. The highest BCUT2D eigenvalue weighted by molar-refractivity contribution is 7.97. The summed E-state index contributed by atoms with van der Waals surface area (Å²) in [4.78, 5) is 16.3. The zero-order valence-electron chi connectivity index (χ0n) is 17.0. The summed E-state index contributed by atoms with van der Waals surface area (Å²) in [5.74, 6) is -0.215. The van der Waals surface area contributed by atoms with Crippen molar-refractivity contribution in [3.8, 4) is 11.1 Å². The van der Waals surface area contributed by atoms with Gasteiger partial charge in [-0.2, -0.15) is 13.2 Å². The summed E-state index contributed by atoms with van der Waals surface area (Å²) in [7, 11) is 1.53. The Labute approximate surface area is 183 Å². The number of amides is 1. The fraction of sp³-hybridized carbons (Fsp3) is 0.217. The summed E-state index contributed by atoms with van der Waals surface area (Å²) in [5, 5.41) is 2.58. The number of hydrogen-bond donors (Lipinski definition) is 2. The molecular weight excluding hydrogens is 423 g/mol. The van der Waals surface area contributed by atoms with E-state index >= 15 is 0 Å². The summed E-state index contributed by atoms with van der Waals surface area (Å²) < 4.78 is 43.1. The molecule has 0 aliphatic carbocycles. The lowest BCUT2D eigenvalue weighted by atomic mass is 9.97. The summed E-state index contributed by atoms with van der Waals surface area (Å²) in [6.07, 6.45) is -0.901. The highest BCUT2D eigenvalue weighted by atomic mass is 32.2. The second-order valence-corrected chi connectivity index (χ2v) is 7.84. The molecule has 1 unspecified atom stereocenters. The monoisotopic (exact) mass is 445 g/mol. The molecule has 1 atom stereocenters. The number of carbonyl (C=O) groups excluding carboxylic acids is 1. The van der Waals surface area contributed by atoms with E-state index in [4.69, 9.17) is 0 Å². The molecule has 162 valence electrons. The van der Waals surface area contributed by atoms with Crippen LogP contribution < -0.4 is 10.0 Å². The standard InChI is InChI=1S/C23H22F3N3OS/c1-15-14-28-11-10-18(15)16-6-5-7-17(12-16)20(13-22(30)27-2)29-31-21-9-4-3-8-19(21)23(24,25)26/h3-12,14,20,29H,13H2,1-2H3,(H,27,30). The number of pyridine rings is 1. The van der Waals surface area contributed by atoms with Gasteiger partial charge in [0.1, 0.15) is 0 Å². The van der Waals surface area contributed by atoms with Crippen molar-refractivity contribution in [2.45, 2.75) is 30.5 Å². The molecule has 2 N–H and O–H groups in total. The number of nitrogens with one attached hydrogen (secondary N) is 2. The van der Waals surface area contributed by atoms with E-state index in [1.807, 2.05) is 37.3 Å². The zero-order chi connectivity index (χ0) is 22.4. The van der Waals surface area contributed by atoms with Gasteiger partial charge in [-0.3, -0.25) is 14.5 Å². The number of benzene rings is 2. The minimum Gasteiger partial charge on any atom is -0.359 e. The number of rotatable bonds is 7. The maximum Gasteiger partial charge on any atom is 0.417 e. The molecule has 3 aromatic rings. The lowest BCUT2D eigenvalue weighted by Crippen LogP contribution is -2.25. The van der Waals surface area contributed by atoms with E-state index in [-0.39, 0.29) is 17.2 Å². The Morgan fingerprint density at radius 1 is 1.13 bits per heavy atom. The van der Waals surface area contributed by atoms with E-state index in [0.717, 1.165) is 40.3 Å². The first-order valence-corrected chi connectivity index (χ1v) is 10.4. The van der Waals surface area contributed by atoms with Crippen LogP contribution in [0.1, 0.15) is 29.2 Å². The number of hydrogen-bond acceptors (Lipinski definition) is 4. The third-order valence-corrected chi connectivity index (χ3v) is 5.77. The van der Waals surface area contributed by atoms with Gasteiger partial charge in [0.2, 0.25) is 5.91 Å². The molecule has 4 nitrogen and oxygen atoms in total. The first-order valence-electron chi connectivity index (χ1n) is 9.59. The molecule has 2 aromatic carbocycles. The quantitative estimate of drug-likeness (QED) is 0.468. The first-order chi connectivity index (χ1) is 14.8. The second kappa shape index (κ2) is 9.98. The van der Waals surface area contributed by atoms with E-state index in [1.165, 1.54) is 19.2 Å². The predicted molar refractivity (Wildman–Crippen MR) is 116 cm³/mol. The molecule has 0 aliphatic heterocycles. The van der Waals surface area contributed by atoms with Crippen LogP contribution in [0.2, 0.25) is 0 Å². The molecular formula is C23H22F3N3OS. The van der Waals surface area contributed by atoms with Crippen molar-refractivity contribution in [2.24, 2.45) is 0 Å². The van der Waals surface area contributed by atoms with Crippen molar-refractivity contribution in [3.63, 3.8) is 0 Å². The SMILES string of the molecule is CNC(=O)CC(NSc1ccccc1C(F)(F)F)c1cccc(-c2ccncc2C)c1. The number of nitrogens with zero attached hydrogens (tertiary/aromatic N) is 1. The lowest BCUT2D eigenvalue weighted by molar-refractivity contribution is -0.139. The van der Waals surface area contributed by atoms with Gasteiger partial charge in [0.05, 0.1) is 11.6 Å². The van der Waals surface area contributed by atoms with Crippen molar-refractivity contribution in [1.82, 2.24) is 15.0 Å². The van der Waals surface area contributed by atoms with E-state index < -0.39 is 17.8 Å². The van der Waals surface area contributed by atoms with Crippen molar-refractivity contribution in [2.75, 3.05) is 7.05 Å². The fourth-order valence-corrected chi connectivity index (χ4v) is 4.09. The van der Waals surface area contributed by atoms with Crippen LogP contribution in [-0.2, 0) is 11.0 Å². The molecule has 0 bridgehead atoms. The van der Waals surface area contributed by atoms with Gasteiger partial charge in [0, 0.05) is 30.8 Å². The molecule has 31 heavy (non-hydrogen) atoms. The van der Waals surface area contributed by atoms with Crippen molar-refractivity contribution >= 4 is 17.9 Å². The van der Waals surface area contributed by atoms with Crippen molar-refractivity contribution in [1.29, 1.82) is 0 Å². The third kappa shape index (κ3) is 5.86. The number of aromatic nitrogens is 1. The van der Waals surface area contributed by atoms with Gasteiger partial charge in [-0.25, -0.2) is 0 Å². The van der Waals surface area contributed by atoms with Gasteiger partial charge in [-0.05, 0) is 65.4 Å². The minimum absolute atomic E-state index is 0.0537. The largest absolute Gasteiger partial charge is 0.417 e. The molecule has 0 radical (unpaired) electrons. The average Bonchev–Trinajstić information content (AvgIpc) is 2.76. The highest BCUT2D eigenvalue weighted by Gasteiger charge is 2.33. The van der Waals surface area contributed by atoms with Gasteiger partial charge in [-0.1, -0.05) is 30.3 Å². The maximum absolute atomic E-state index is 13.3. The fourth-order valence-electron chi connectivity index (χ4n) is 3.16. The third-order valence-electron chi connectivity index (χ3n) is 4.79. The van der Waals surface area contributed by atoms with Gasteiger partial charge in [0.25, 0.3) is 0 Å². The molecule has 3 rings (SSSR count). The molecule has 0 saturated carbocycles. The van der Waals surface area contributed by atoms with Crippen LogP contribution in [0, 0.1) is 6.92 Å². The minimum atomic E-state index is -4.46. The van der Waals surface area contributed by atoms with Crippen LogP contribution >= 0.6 is 11.9 Å². The van der Waals surface area contributed by atoms with Crippen LogP contribution in [0.15, 0.2) is 71.9 Å². The predicted octanol–water partition coefficient (Wildman–Crippen LogP) is 5.55. The zero-order valence-corrected chi connectivity index (χ0v) is 17.8. The van der Waals surface area contributed by atoms with Gasteiger partial charge in [0.15, 0.2) is 0 Å². The Morgan fingerprint density at radius 2 is 1.90 bits per heavy atom. The number of alkyl halides is 3. The molecule has 1 aromatic heterocycles. The second-order valence-electron chi connectivity index (χ2n) is 6.96. The smallest absolute Gasteiger partial charge is 0.359 e. The molecule has 8 heteroatoms. The topological polar surface area (TPSA) is 54.0 Å². The Morgan fingerprint density at radius 3 is 2.61 bits per heavy atom. The van der Waals surface area contributed by atoms with E-state index in [9.17, 15) is 18.0 Å².